The van der Waals surface area contributed by atoms with Gasteiger partial charge in [0.15, 0.2) is 5.13 Å². The average Bonchev–Trinajstić information content (AvgIpc) is 3.51. The number of amides is 3. The standard InChI is InChI=1S/C30H28N4O4S/c35-27(31-23-14-15-23)21-12-10-20(11-13-21)24-18-39-29(32-24)33-28(36)26-16-22-8-4-5-9-25(22)34(26)30(37)38-17-19-6-2-1-3-7-19/h1-4,6-8,10-13,18,23,26H,5,9,14-17H2,(H,31,35)(H,32,33,36)/t26-/m1/s1. The molecule has 1 saturated carbocycles. The van der Waals surface area contributed by atoms with E-state index in [0.29, 0.717) is 35.3 Å². The Hall–Kier alpha value is -4.24. The highest BCUT2D eigenvalue weighted by atomic mass is 32.1. The van der Waals surface area contributed by atoms with E-state index in [-0.39, 0.29) is 18.4 Å². The summed E-state index contributed by atoms with van der Waals surface area (Å²) in [6.07, 6.45) is 7.56. The molecule has 9 heteroatoms. The first-order chi connectivity index (χ1) is 19.0. The number of rotatable bonds is 7. The van der Waals surface area contributed by atoms with Crippen molar-refractivity contribution in [2.24, 2.45) is 0 Å². The molecule has 0 bridgehead atoms. The Kier molecular flexibility index (Phi) is 6.98. The molecule has 1 aromatic heterocycles. The van der Waals surface area contributed by atoms with E-state index in [2.05, 4.69) is 21.7 Å². The lowest BCUT2D eigenvalue weighted by molar-refractivity contribution is -0.119. The summed E-state index contributed by atoms with van der Waals surface area (Å²) in [7, 11) is 0. The van der Waals surface area contributed by atoms with E-state index in [1.54, 1.807) is 12.1 Å². The topological polar surface area (TPSA) is 101 Å². The monoisotopic (exact) mass is 540 g/mol. The molecule has 3 aliphatic rings. The van der Waals surface area contributed by atoms with Crippen LogP contribution in [0, 0.1) is 0 Å². The first kappa shape index (κ1) is 25.1. The van der Waals surface area contributed by atoms with E-state index in [1.165, 1.54) is 16.2 Å². The molecule has 8 nitrogen and oxygen atoms in total. The van der Waals surface area contributed by atoms with Gasteiger partial charge < -0.3 is 15.4 Å². The van der Waals surface area contributed by atoms with Crippen LogP contribution in [-0.2, 0) is 16.1 Å². The molecular weight excluding hydrogens is 512 g/mol. The summed E-state index contributed by atoms with van der Waals surface area (Å²) in [5.41, 5.74) is 4.89. The second-order valence-electron chi connectivity index (χ2n) is 9.90. The van der Waals surface area contributed by atoms with Crippen molar-refractivity contribution >= 4 is 34.4 Å². The Morgan fingerprint density at radius 1 is 1.05 bits per heavy atom. The van der Waals surface area contributed by atoms with Gasteiger partial charge in [0.2, 0.25) is 5.91 Å². The minimum Gasteiger partial charge on any atom is -0.444 e. The lowest BCUT2D eigenvalue weighted by Crippen LogP contribution is -2.43. The lowest BCUT2D eigenvalue weighted by atomic mass is 10.0. The van der Waals surface area contributed by atoms with Crippen molar-refractivity contribution in [3.05, 3.63) is 94.5 Å². The van der Waals surface area contributed by atoms with Crippen molar-refractivity contribution in [2.45, 2.75) is 50.8 Å². The first-order valence-corrected chi connectivity index (χ1v) is 14.0. The van der Waals surface area contributed by atoms with E-state index in [1.807, 2.05) is 53.9 Å². The van der Waals surface area contributed by atoms with Gasteiger partial charge in [0, 0.05) is 34.7 Å². The van der Waals surface area contributed by atoms with Crippen molar-refractivity contribution in [3.8, 4) is 11.3 Å². The number of nitrogens with one attached hydrogen (secondary N) is 2. The van der Waals surface area contributed by atoms with Gasteiger partial charge >= 0.3 is 6.09 Å². The minimum atomic E-state index is -0.711. The van der Waals surface area contributed by atoms with Crippen molar-refractivity contribution in [1.82, 2.24) is 15.2 Å². The Bertz CT molecular complexity index is 1460. The summed E-state index contributed by atoms with van der Waals surface area (Å²) in [6.45, 7) is 0.139. The van der Waals surface area contributed by atoms with Crippen LogP contribution in [0.15, 0.2) is 83.4 Å². The predicted molar refractivity (Wildman–Crippen MR) is 149 cm³/mol. The lowest BCUT2D eigenvalue weighted by Gasteiger charge is -2.26. The Balaban J connectivity index is 1.13. The van der Waals surface area contributed by atoms with Gasteiger partial charge in [-0.1, -0.05) is 54.6 Å². The molecule has 1 atom stereocenters. The maximum absolute atomic E-state index is 13.4. The Morgan fingerprint density at radius 2 is 1.85 bits per heavy atom. The Morgan fingerprint density at radius 3 is 2.62 bits per heavy atom. The molecule has 2 N–H and O–H groups in total. The van der Waals surface area contributed by atoms with E-state index in [4.69, 9.17) is 4.74 Å². The van der Waals surface area contributed by atoms with Crippen molar-refractivity contribution < 1.29 is 19.1 Å². The van der Waals surface area contributed by atoms with Crippen LogP contribution in [0.2, 0.25) is 0 Å². The largest absolute Gasteiger partial charge is 0.444 e. The third-order valence-electron chi connectivity index (χ3n) is 7.05. The Labute approximate surface area is 230 Å². The summed E-state index contributed by atoms with van der Waals surface area (Å²) in [4.78, 5) is 45.0. The number of aromatic nitrogens is 1. The molecule has 0 saturated heterocycles. The number of allylic oxidation sites excluding steroid dienone is 3. The zero-order chi connectivity index (χ0) is 26.8. The predicted octanol–water partition coefficient (Wildman–Crippen LogP) is 5.66. The van der Waals surface area contributed by atoms with Gasteiger partial charge in [-0.25, -0.2) is 9.78 Å². The average molecular weight is 541 g/mol. The number of thiazole rings is 1. The molecule has 2 aromatic carbocycles. The van der Waals surface area contributed by atoms with E-state index in [9.17, 15) is 14.4 Å². The van der Waals surface area contributed by atoms with Crippen LogP contribution in [0.3, 0.4) is 0 Å². The molecule has 0 radical (unpaired) electrons. The van der Waals surface area contributed by atoms with Crippen LogP contribution < -0.4 is 10.6 Å². The van der Waals surface area contributed by atoms with Crippen LogP contribution in [0.1, 0.15) is 48.0 Å². The second kappa shape index (κ2) is 10.9. The highest BCUT2D eigenvalue weighted by molar-refractivity contribution is 7.14. The van der Waals surface area contributed by atoms with Gasteiger partial charge in [-0.2, -0.15) is 0 Å². The number of hydrogen-bond donors (Lipinski definition) is 2. The molecular formula is C30H28N4O4S. The maximum Gasteiger partial charge on any atom is 0.415 e. The fourth-order valence-corrected chi connectivity index (χ4v) is 5.55. The van der Waals surface area contributed by atoms with Gasteiger partial charge in [-0.3, -0.25) is 14.5 Å². The van der Waals surface area contributed by atoms with Crippen LogP contribution in [0.5, 0.6) is 0 Å². The third-order valence-corrected chi connectivity index (χ3v) is 7.81. The summed E-state index contributed by atoms with van der Waals surface area (Å²) >= 11 is 1.32. The van der Waals surface area contributed by atoms with E-state index in [0.717, 1.165) is 41.7 Å². The fraction of sp³-hybridized carbons (Fsp3) is 0.267. The van der Waals surface area contributed by atoms with Gasteiger partial charge in [-0.05, 0) is 49.0 Å². The third kappa shape index (κ3) is 5.63. The number of ether oxygens (including phenoxy) is 1. The van der Waals surface area contributed by atoms with Crippen molar-refractivity contribution in [1.29, 1.82) is 0 Å². The van der Waals surface area contributed by atoms with E-state index < -0.39 is 12.1 Å². The van der Waals surface area contributed by atoms with Crippen molar-refractivity contribution in [3.63, 3.8) is 0 Å². The highest BCUT2D eigenvalue weighted by Crippen LogP contribution is 2.37. The summed E-state index contributed by atoms with van der Waals surface area (Å²) in [6, 6.07) is 16.4. The number of nitrogens with zero attached hydrogens (tertiary/aromatic N) is 2. The second-order valence-corrected chi connectivity index (χ2v) is 10.8. The minimum absolute atomic E-state index is 0.0650. The van der Waals surface area contributed by atoms with Crippen LogP contribution >= 0.6 is 11.3 Å². The summed E-state index contributed by atoms with van der Waals surface area (Å²) < 4.78 is 5.61. The molecule has 1 aliphatic heterocycles. The first-order valence-electron chi connectivity index (χ1n) is 13.1. The van der Waals surface area contributed by atoms with Gasteiger partial charge in [0.25, 0.3) is 5.91 Å². The fourth-order valence-electron chi connectivity index (χ4n) is 4.83. The molecule has 2 heterocycles. The molecule has 2 aliphatic carbocycles. The maximum atomic E-state index is 13.4. The zero-order valence-corrected chi connectivity index (χ0v) is 22.1. The van der Waals surface area contributed by atoms with Crippen LogP contribution in [0.4, 0.5) is 9.93 Å². The molecule has 198 valence electrons. The number of carbonyl (C=O) groups is 3. The normalized spacial score (nSPS) is 18.1. The zero-order valence-electron chi connectivity index (χ0n) is 21.3. The molecule has 1 fully saturated rings. The van der Waals surface area contributed by atoms with E-state index >= 15 is 0 Å². The summed E-state index contributed by atoms with van der Waals surface area (Å²) in [5.74, 6) is -0.368. The summed E-state index contributed by atoms with van der Waals surface area (Å²) in [5, 5.41) is 8.20. The molecule has 3 amide bonds. The van der Waals surface area contributed by atoms with Gasteiger partial charge in [-0.15, -0.1) is 11.3 Å². The quantitative estimate of drug-likeness (QED) is 0.403. The molecule has 39 heavy (non-hydrogen) atoms. The molecule has 6 rings (SSSR count). The molecule has 0 spiro atoms. The van der Waals surface area contributed by atoms with Crippen molar-refractivity contribution in [2.75, 3.05) is 5.32 Å². The number of carbonyl (C=O) groups excluding carboxylic acids is 3. The van der Waals surface area contributed by atoms with Crippen LogP contribution in [0.25, 0.3) is 11.3 Å². The molecule has 0 unspecified atom stereocenters. The number of hydrogen-bond acceptors (Lipinski definition) is 6. The van der Waals surface area contributed by atoms with Gasteiger partial charge in [0.1, 0.15) is 12.6 Å². The number of benzene rings is 2. The smallest absolute Gasteiger partial charge is 0.415 e. The highest BCUT2D eigenvalue weighted by Gasteiger charge is 2.41. The SMILES string of the molecule is O=C(NC1CC1)c1ccc(-c2csc(NC(=O)[C@H]3CC4=C(CCC=C4)N3C(=O)OCc3ccccc3)n2)cc1. The van der Waals surface area contributed by atoms with Gasteiger partial charge in [0.05, 0.1) is 5.69 Å². The molecule has 3 aromatic rings. The number of anilines is 1. The van der Waals surface area contributed by atoms with Crippen LogP contribution in [-0.4, -0.2) is 39.9 Å².